The van der Waals surface area contributed by atoms with Gasteiger partial charge in [0, 0.05) is 25.2 Å². The van der Waals surface area contributed by atoms with Crippen LogP contribution in [0.4, 0.5) is 35.5 Å². The van der Waals surface area contributed by atoms with E-state index in [1.807, 2.05) is 10.6 Å². The highest BCUT2D eigenvalue weighted by Gasteiger charge is 2.45. The van der Waals surface area contributed by atoms with Gasteiger partial charge in [0.25, 0.3) is 5.91 Å². The first-order valence-corrected chi connectivity index (χ1v) is 14.9. The lowest BCUT2D eigenvalue weighted by Gasteiger charge is -2.36. The van der Waals surface area contributed by atoms with E-state index in [0.717, 1.165) is 18.3 Å². The molecule has 0 bridgehead atoms. The van der Waals surface area contributed by atoms with Crippen LogP contribution in [0.3, 0.4) is 0 Å². The van der Waals surface area contributed by atoms with E-state index in [2.05, 4.69) is 15.0 Å². The van der Waals surface area contributed by atoms with Gasteiger partial charge in [0.05, 0.1) is 23.7 Å². The Labute approximate surface area is 281 Å². The van der Waals surface area contributed by atoms with Gasteiger partial charge in [-0.25, -0.2) is 9.18 Å². The van der Waals surface area contributed by atoms with E-state index in [1.165, 1.54) is 12.1 Å². The minimum atomic E-state index is -5.03. The summed E-state index contributed by atoms with van der Waals surface area (Å²) >= 11 is 5.99. The number of esters is 1. The van der Waals surface area contributed by atoms with Gasteiger partial charge in [0.1, 0.15) is 22.7 Å². The van der Waals surface area contributed by atoms with Gasteiger partial charge in [0.15, 0.2) is 0 Å². The van der Waals surface area contributed by atoms with Crippen LogP contribution in [-0.4, -0.2) is 60.0 Å². The van der Waals surface area contributed by atoms with Crippen LogP contribution in [-0.2, 0) is 26.3 Å². The number of aromatic nitrogens is 1. The fraction of sp³-hybridized carbons (Fsp3) is 0.375. The van der Waals surface area contributed by atoms with E-state index < -0.39 is 78.6 Å². The number of hydrogen-bond donors (Lipinski definition) is 3. The van der Waals surface area contributed by atoms with Crippen molar-refractivity contribution >= 4 is 29.5 Å². The zero-order valence-electron chi connectivity index (χ0n) is 26.3. The maximum Gasteiger partial charge on any atom is 0.461 e. The number of hydrogen-bond acceptors (Lipinski definition) is 6. The van der Waals surface area contributed by atoms with E-state index in [1.54, 1.807) is 51.1 Å². The van der Waals surface area contributed by atoms with Crippen LogP contribution in [0.5, 0.6) is 5.75 Å². The van der Waals surface area contributed by atoms with Crippen molar-refractivity contribution in [3.05, 3.63) is 94.5 Å². The summed E-state index contributed by atoms with van der Waals surface area (Å²) in [5.41, 5.74) is -2.97. The third-order valence-corrected chi connectivity index (χ3v) is 6.74. The van der Waals surface area contributed by atoms with Crippen molar-refractivity contribution in [3.63, 3.8) is 0 Å². The molecular weight excluding hydrogens is 689 g/mol. The number of nitrogens with one attached hydrogen (secondary N) is 3. The Hall–Kier alpha value is -4.60. The number of carbonyl (C=O) groups excluding carboxylic acids is 3. The third kappa shape index (κ3) is 11.2. The minimum Gasteiger partial charge on any atom is -0.460 e. The molecule has 0 fully saturated rings. The van der Waals surface area contributed by atoms with Crippen molar-refractivity contribution in [3.8, 4) is 5.75 Å². The molecule has 49 heavy (non-hydrogen) atoms. The molecule has 0 aliphatic heterocycles. The first kappa shape index (κ1) is 38.8. The Bertz CT molecular complexity index is 1610. The smallest absolute Gasteiger partial charge is 0.460 e. The van der Waals surface area contributed by atoms with Crippen LogP contribution in [0, 0.1) is 5.82 Å². The van der Waals surface area contributed by atoms with Gasteiger partial charge in [-0.2, -0.15) is 26.3 Å². The van der Waals surface area contributed by atoms with Gasteiger partial charge in [-0.1, -0.05) is 41.9 Å². The Morgan fingerprint density at radius 1 is 0.939 bits per heavy atom. The van der Waals surface area contributed by atoms with E-state index in [-0.39, 0.29) is 22.7 Å². The van der Waals surface area contributed by atoms with Gasteiger partial charge in [0.2, 0.25) is 0 Å². The van der Waals surface area contributed by atoms with E-state index in [0.29, 0.717) is 11.6 Å². The Morgan fingerprint density at radius 2 is 1.61 bits per heavy atom. The molecule has 2 aromatic carbocycles. The van der Waals surface area contributed by atoms with Crippen LogP contribution in [0.25, 0.3) is 0 Å². The summed E-state index contributed by atoms with van der Waals surface area (Å²) in [5, 5.41) is 6.28. The number of pyridine rings is 1. The maximum absolute atomic E-state index is 15.0. The Morgan fingerprint density at radius 3 is 2.20 bits per heavy atom. The number of carbonyl (C=O) groups is 3. The molecule has 0 saturated carbocycles. The van der Waals surface area contributed by atoms with Gasteiger partial charge >= 0.3 is 30.5 Å². The molecule has 0 aliphatic carbocycles. The lowest BCUT2D eigenvalue weighted by Crippen LogP contribution is -2.55. The van der Waals surface area contributed by atoms with Crippen LogP contribution >= 0.6 is 11.6 Å². The molecule has 3 amide bonds. The molecule has 266 valence electrons. The van der Waals surface area contributed by atoms with Crippen molar-refractivity contribution < 1.29 is 54.6 Å². The molecule has 1 heterocycles. The lowest BCUT2D eigenvalue weighted by molar-refractivity contribution is -0.253. The number of nitrogens with zero attached hydrogens (tertiary/aromatic N) is 1. The SMILES string of the molecule is CC(C)(C)OC(=O)CCNC(=O)C(F)(F)CNC(=O)NC(Cc1ccccc1)(c1cc(F)cc(OC(F)(F)C(F)F)c1)c1ccc(Cl)cn1. The number of alkyl halides is 6. The largest absolute Gasteiger partial charge is 0.461 e. The Balaban J connectivity index is 1.96. The number of amides is 3. The molecule has 0 spiro atoms. The average Bonchev–Trinajstić information content (AvgIpc) is 2.99. The van der Waals surface area contributed by atoms with E-state index in [4.69, 9.17) is 16.3 Å². The first-order chi connectivity index (χ1) is 22.7. The third-order valence-electron chi connectivity index (χ3n) is 6.51. The molecule has 1 atom stereocenters. The van der Waals surface area contributed by atoms with Gasteiger partial charge < -0.3 is 25.4 Å². The number of ether oxygens (including phenoxy) is 2. The zero-order chi connectivity index (χ0) is 36.6. The fourth-order valence-electron chi connectivity index (χ4n) is 4.43. The topological polar surface area (TPSA) is 119 Å². The highest BCUT2D eigenvalue weighted by atomic mass is 35.5. The predicted molar refractivity (Wildman–Crippen MR) is 163 cm³/mol. The molecule has 17 heteroatoms. The number of halogens is 8. The second-order valence-electron chi connectivity index (χ2n) is 11.7. The summed E-state index contributed by atoms with van der Waals surface area (Å²) in [7, 11) is 0. The fourth-order valence-corrected chi connectivity index (χ4v) is 4.54. The van der Waals surface area contributed by atoms with E-state index >= 15 is 0 Å². The molecule has 9 nitrogen and oxygen atoms in total. The molecule has 0 saturated heterocycles. The Kier molecular flexibility index (Phi) is 12.5. The predicted octanol–water partition coefficient (Wildman–Crippen LogP) is 6.38. The molecule has 0 aliphatic rings. The van der Waals surface area contributed by atoms with Crippen LogP contribution in [0.1, 0.15) is 44.0 Å². The molecular formula is C32H32ClF7N4O5. The maximum atomic E-state index is 15.0. The highest BCUT2D eigenvalue weighted by molar-refractivity contribution is 6.30. The highest BCUT2D eigenvalue weighted by Crippen LogP contribution is 2.37. The summed E-state index contributed by atoms with van der Waals surface area (Å²) in [5.74, 6) is -9.07. The molecule has 3 rings (SSSR count). The first-order valence-electron chi connectivity index (χ1n) is 14.5. The van der Waals surface area contributed by atoms with Crippen LogP contribution in [0.15, 0.2) is 66.9 Å². The van der Waals surface area contributed by atoms with Gasteiger partial charge in [-0.3, -0.25) is 14.6 Å². The van der Waals surface area contributed by atoms with Crippen LogP contribution < -0.4 is 20.7 Å². The summed E-state index contributed by atoms with van der Waals surface area (Å²) < 4.78 is 107. The number of urea groups is 1. The van der Waals surface area contributed by atoms with Crippen molar-refractivity contribution in [2.75, 3.05) is 13.1 Å². The summed E-state index contributed by atoms with van der Waals surface area (Å²) in [6.45, 7) is 2.73. The molecule has 0 radical (unpaired) electrons. The number of rotatable bonds is 14. The molecule has 1 aromatic heterocycles. The number of benzene rings is 2. The van der Waals surface area contributed by atoms with Crippen molar-refractivity contribution in [2.45, 2.75) is 63.2 Å². The summed E-state index contributed by atoms with van der Waals surface area (Å²) in [4.78, 5) is 41.5. The second-order valence-corrected chi connectivity index (χ2v) is 12.1. The standard InChI is InChI=1S/C32H32ClF7N4O5/c1-29(2,3)49-25(45)11-12-41-27(46)31(37,38)18-43-28(47)44-30(16-19-7-5-4-6-8-19,24-10-9-21(33)17-42-24)20-13-22(34)15-23(14-20)48-32(39,40)26(35)36/h4-10,13-15,17,26H,11-12,16,18H2,1-3H3,(H,41,46)(H2,43,44,47). The monoisotopic (exact) mass is 720 g/mol. The minimum absolute atomic E-state index is 0.110. The normalized spacial score (nSPS) is 13.3. The van der Waals surface area contributed by atoms with Crippen molar-refractivity contribution in [1.82, 2.24) is 20.9 Å². The van der Waals surface area contributed by atoms with Crippen molar-refractivity contribution in [1.29, 1.82) is 0 Å². The van der Waals surface area contributed by atoms with Gasteiger partial charge in [-0.15, -0.1) is 0 Å². The summed E-state index contributed by atoms with van der Waals surface area (Å²) in [6.07, 6.45) is -8.92. The van der Waals surface area contributed by atoms with Crippen molar-refractivity contribution in [2.24, 2.45) is 0 Å². The molecule has 1 unspecified atom stereocenters. The second kappa shape index (κ2) is 15.7. The lowest BCUT2D eigenvalue weighted by atomic mass is 9.80. The molecule has 3 N–H and O–H groups in total. The van der Waals surface area contributed by atoms with E-state index in [9.17, 15) is 45.1 Å². The van der Waals surface area contributed by atoms with Gasteiger partial charge in [-0.05, 0) is 56.2 Å². The molecule has 3 aromatic rings. The average molecular weight is 721 g/mol. The summed E-state index contributed by atoms with van der Waals surface area (Å²) in [6, 6.07) is 11.2. The zero-order valence-corrected chi connectivity index (χ0v) is 27.0. The quantitative estimate of drug-likeness (QED) is 0.132. The van der Waals surface area contributed by atoms with Crippen LogP contribution in [0.2, 0.25) is 5.02 Å².